The third-order valence-corrected chi connectivity index (χ3v) is 1.92. The molecule has 0 saturated heterocycles. The van der Waals surface area contributed by atoms with Gasteiger partial charge in [0.15, 0.2) is 17.6 Å². The molecule has 0 aliphatic carbocycles. The molecule has 0 unspecified atom stereocenters. The van der Waals surface area contributed by atoms with Gasteiger partial charge < -0.3 is 8.83 Å². The first-order valence-electron chi connectivity index (χ1n) is 3.64. The van der Waals surface area contributed by atoms with Gasteiger partial charge in [-0.05, 0) is 18.2 Å². The quantitative estimate of drug-likeness (QED) is 0.506. The summed E-state index contributed by atoms with van der Waals surface area (Å²) in [5.41, 5.74) is 2.32. The first kappa shape index (κ1) is 5.83. The van der Waals surface area contributed by atoms with Gasteiger partial charge in [-0.2, -0.15) is 0 Å². The van der Waals surface area contributed by atoms with Gasteiger partial charge in [0.25, 0.3) is 0 Å². The standard InChI is InChI=1S/C9H5NO2/c1-2-7-9(12-5-10-7)8-6(1)3-4-11-8/h1-5H. The molecule has 12 heavy (non-hydrogen) atoms. The molecule has 3 aromatic rings. The number of fused-ring (bicyclic) bond motifs is 3. The number of oxazole rings is 1. The van der Waals surface area contributed by atoms with Gasteiger partial charge in [0.05, 0.1) is 6.26 Å². The van der Waals surface area contributed by atoms with E-state index in [1.807, 2.05) is 18.2 Å². The van der Waals surface area contributed by atoms with Crippen LogP contribution in [0, 0.1) is 0 Å². The summed E-state index contributed by atoms with van der Waals surface area (Å²) in [6.07, 6.45) is 3.07. The molecule has 0 aliphatic rings. The van der Waals surface area contributed by atoms with Gasteiger partial charge in [-0.1, -0.05) is 0 Å². The van der Waals surface area contributed by atoms with E-state index < -0.39 is 0 Å². The predicted octanol–water partition coefficient (Wildman–Crippen LogP) is 2.57. The van der Waals surface area contributed by atoms with Crippen molar-refractivity contribution in [3.8, 4) is 0 Å². The molecule has 0 fully saturated rings. The zero-order valence-corrected chi connectivity index (χ0v) is 6.15. The summed E-state index contributed by atoms with van der Waals surface area (Å²) >= 11 is 0. The summed E-state index contributed by atoms with van der Waals surface area (Å²) in [7, 11) is 0. The van der Waals surface area contributed by atoms with Crippen molar-refractivity contribution in [1.29, 1.82) is 0 Å². The molecule has 2 heterocycles. The Balaban J connectivity index is 2.71. The van der Waals surface area contributed by atoms with E-state index in [9.17, 15) is 0 Å². The molecule has 2 aromatic heterocycles. The number of aromatic nitrogens is 1. The molecule has 0 atom stereocenters. The average molecular weight is 159 g/mol. The van der Waals surface area contributed by atoms with Crippen LogP contribution in [-0.2, 0) is 0 Å². The van der Waals surface area contributed by atoms with E-state index in [0.717, 1.165) is 22.1 Å². The van der Waals surface area contributed by atoms with E-state index in [-0.39, 0.29) is 0 Å². The van der Waals surface area contributed by atoms with Gasteiger partial charge in [0.1, 0.15) is 5.52 Å². The number of benzene rings is 1. The van der Waals surface area contributed by atoms with E-state index >= 15 is 0 Å². The highest BCUT2D eigenvalue weighted by Gasteiger charge is 2.05. The van der Waals surface area contributed by atoms with Crippen molar-refractivity contribution >= 4 is 22.1 Å². The highest BCUT2D eigenvalue weighted by atomic mass is 16.4. The first-order valence-corrected chi connectivity index (χ1v) is 3.64. The maximum Gasteiger partial charge on any atom is 0.197 e. The Labute approximate surface area is 67.6 Å². The number of furan rings is 1. The number of hydrogen-bond donors (Lipinski definition) is 0. The van der Waals surface area contributed by atoms with Crippen molar-refractivity contribution in [2.75, 3.05) is 0 Å². The second kappa shape index (κ2) is 1.88. The zero-order valence-electron chi connectivity index (χ0n) is 6.15. The van der Waals surface area contributed by atoms with Crippen LogP contribution < -0.4 is 0 Å². The van der Waals surface area contributed by atoms with Gasteiger partial charge in [-0.3, -0.25) is 0 Å². The van der Waals surface area contributed by atoms with Gasteiger partial charge in [0, 0.05) is 5.39 Å². The molecule has 3 nitrogen and oxygen atoms in total. The normalized spacial score (nSPS) is 11.3. The van der Waals surface area contributed by atoms with Crippen LogP contribution >= 0.6 is 0 Å². The molecule has 0 N–H and O–H groups in total. The Morgan fingerprint density at radius 1 is 1.00 bits per heavy atom. The van der Waals surface area contributed by atoms with Crippen LogP contribution in [0.5, 0.6) is 0 Å². The fraction of sp³-hybridized carbons (Fsp3) is 0. The van der Waals surface area contributed by atoms with Gasteiger partial charge in [-0.15, -0.1) is 0 Å². The molecule has 0 saturated carbocycles. The monoisotopic (exact) mass is 159 g/mol. The summed E-state index contributed by atoms with van der Waals surface area (Å²) in [6, 6.07) is 5.78. The average Bonchev–Trinajstić information content (AvgIpc) is 2.71. The van der Waals surface area contributed by atoms with Crippen LogP contribution in [0.15, 0.2) is 39.7 Å². The SMILES string of the molecule is c1cc2ccc3ncoc3c2o1. The zero-order chi connectivity index (χ0) is 7.97. The molecule has 0 radical (unpaired) electrons. The summed E-state index contributed by atoms with van der Waals surface area (Å²) < 4.78 is 10.4. The second-order valence-electron chi connectivity index (χ2n) is 2.61. The Kier molecular flexibility index (Phi) is 0.913. The van der Waals surface area contributed by atoms with Crippen molar-refractivity contribution in [2.24, 2.45) is 0 Å². The molecule has 3 heteroatoms. The maximum absolute atomic E-state index is 5.26. The number of nitrogens with zero attached hydrogens (tertiary/aromatic N) is 1. The summed E-state index contributed by atoms with van der Waals surface area (Å²) in [5, 5.41) is 1.04. The second-order valence-corrected chi connectivity index (χ2v) is 2.61. The topological polar surface area (TPSA) is 39.2 Å². The van der Waals surface area contributed by atoms with E-state index in [1.165, 1.54) is 6.39 Å². The fourth-order valence-electron chi connectivity index (χ4n) is 1.35. The molecule has 0 bridgehead atoms. The van der Waals surface area contributed by atoms with Crippen LogP contribution in [0.1, 0.15) is 0 Å². The van der Waals surface area contributed by atoms with Crippen LogP contribution in [0.3, 0.4) is 0 Å². The Morgan fingerprint density at radius 3 is 3.00 bits per heavy atom. The molecule has 1 aromatic carbocycles. The van der Waals surface area contributed by atoms with Crippen LogP contribution in [0.4, 0.5) is 0 Å². The smallest absolute Gasteiger partial charge is 0.197 e. The lowest BCUT2D eigenvalue weighted by atomic mass is 10.2. The minimum absolute atomic E-state index is 0.720. The van der Waals surface area contributed by atoms with Gasteiger partial charge in [0.2, 0.25) is 0 Å². The fourth-order valence-corrected chi connectivity index (χ4v) is 1.35. The van der Waals surface area contributed by atoms with Gasteiger partial charge >= 0.3 is 0 Å². The van der Waals surface area contributed by atoms with Crippen LogP contribution in [-0.4, -0.2) is 4.98 Å². The number of hydrogen-bond acceptors (Lipinski definition) is 3. The van der Waals surface area contributed by atoms with Crippen molar-refractivity contribution < 1.29 is 8.83 Å². The third-order valence-electron chi connectivity index (χ3n) is 1.92. The Hall–Kier alpha value is -1.77. The van der Waals surface area contributed by atoms with E-state index in [0.29, 0.717) is 0 Å². The molecule has 0 amide bonds. The third kappa shape index (κ3) is 0.580. The van der Waals surface area contributed by atoms with E-state index in [2.05, 4.69) is 4.98 Å². The molecule has 58 valence electrons. The molecular formula is C9H5NO2. The van der Waals surface area contributed by atoms with E-state index in [4.69, 9.17) is 8.83 Å². The highest BCUT2D eigenvalue weighted by Crippen LogP contribution is 2.24. The van der Waals surface area contributed by atoms with Crippen LogP contribution in [0.2, 0.25) is 0 Å². The molecule has 0 aliphatic heterocycles. The first-order chi connectivity index (χ1) is 5.95. The van der Waals surface area contributed by atoms with Crippen molar-refractivity contribution in [3.05, 3.63) is 30.9 Å². The lowest BCUT2D eigenvalue weighted by molar-refractivity contribution is 0.576. The lowest BCUT2D eigenvalue weighted by Crippen LogP contribution is -1.67. The van der Waals surface area contributed by atoms with Crippen molar-refractivity contribution in [2.45, 2.75) is 0 Å². The molecular weight excluding hydrogens is 154 g/mol. The largest absolute Gasteiger partial charge is 0.460 e. The maximum atomic E-state index is 5.26. The van der Waals surface area contributed by atoms with Crippen molar-refractivity contribution in [1.82, 2.24) is 4.98 Å². The highest BCUT2D eigenvalue weighted by molar-refractivity contribution is 5.98. The van der Waals surface area contributed by atoms with E-state index in [1.54, 1.807) is 6.26 Å². The Morgan fingerprint density at radius 2 is 2.00 bits per heavy atom. The lowest BCUT2D eigenvalue weighted by Gasteiger charge is -1.86. The number of rotatable bonds is 0. The molecule has 0 spiro atoms. The minimum Gasteiger partial charge on any atom is -0.460 e. The van der Waals surface area contributed by atoms with Crippen LogP contribution in [0.25, 0.3) is 22.1 Å². The summed E-state index contributed by atoms with van der Waals surface area (Å²) in [5.74, 6) is 0. The summed E-state index contributed by atoms with van der Waals surface area (Å²) in [6.45, 7) is 0. The summed E-state index contributed by atoms with van der Waals surface area (Å²) in [4.78, 5) is 4.02. The molecule has 3 rings (SSSR count). The Bertz CT molecular complexity index is 486. The minimum atomic E-state index is 0.720. The van der Waals surface area contributed by atoms with Crippen molar-refractivity contribution in [3.63, 3.8) is 0 Å². The predicted molar refractivity (Wildman–Crippen MR) is 43.8 cm³/mol. The van der Waals surface area contributed by atoms with Gasteiger partial charge in [-0.25, -0.2) is 4.98 Å².